The fourth-order valence-electron chi connectivity index (χ4n) is 3.38. The van der Waals surface area contributed by atoms with Crippen molar-refractivity contribution in [1.82, 2.24) is 0 Å². The monoisotopic (exact) mass is 552 g/mol. The Balaban J connectivity index is 6.86. The van der Waals surface area contributed by atoms with Gasteiger partial charge in [-0.05, 0) is 26.2 Å². The molecule has 0 bridgehead atoms. The number of hydrogen-bond donors (Lipinski definition) is 10. The highest BCUT2D eigenvalue weighted by Crippen LogP contribution is 2.76. The normalized spacial score (nSPS) is 16.6. The maximum absolute atomic E-state index is 12.2. The third-order valence-electron chi connectivity index (χ3n) is 5.20. The number of carbonyl (C=O) groups is 1. The molecule has 0 aliphatic carbocycles. The van der Waals surface area contributed by atoms with Crippen molar-refractivity contribution in [3.05, 3.63) is 0 Å². The summed E-state index contributed by atoms with van der Waals surface area (Å²) in [5.41, 5.74) is 0. The lowest BCUT2D eigenvalue weighted by Crippen LogP contribution is -2.40. The number of aliphatic hydroxyl groups is 1. The number of carboxylic acid groups (broad SMARTS) is 1. The fraction of sp³-hybridized carbons (Fsp3) is 0.917. The Labute approximate surface area is 182 Å². The Morgan fingerprint density at radius 1 is 0.781 bits per heavy atom. The second kappa shape index (κ2) is 10.7. The molecule has 0 saturated carbocycles. The summed E-state index contributed by atoms with van der Waals surface area (Å²) in [5.74, 6) is -4.51. The molecule has 2 unspecified atom stereocenters. The summed E-state index contributed by atoms with van der Waals surface area (Å²) in [7, 11) is -23.4. The van der Waals surface area contributed by atoms with Gasteiger partial charge in [0.2, 0.25) is 0 Å². The first-order valence-corrected chi connectivity index (χ1v) is 15.2. The Hall–Kier alpha value is -0.0100. The van der Waals surface area contributed by atoms with Crippen LogP contribution in [0, 0.1) is 5.92 Å². The molecule has 0 radical (unpaired) electrons. The lowest BCUT2D eigenvalue weighted by atomic mass is 9.94. The molecule has 0 aliphatic heterocycles. The topological polar surface area (TPSA) is 297 Å². The molecule has 0 rings (SSSR count). The van der Waals surface area contributed by atoms with Gasteiger partial charge in [0.1, 0.15) is 6.79 Å². The minimum atomic E-state index is -5.93. The van der Waals surface area contributed by atoms with Crippen molar-refractivity contribution < 1.29 is 77.2 Å². The third kappa shape index (κ3) is 6.78. The molecule has 16 nitrogen and oxygen atoms in total. The summed E-state index contributed by atoms with van der Waals surface area (Å²) in [5, 5.41) is 18.3. The molecule has 32 heavy (non-hydrogen) atoms. The van der Waals surface area contributed by atoms with E-state index in [1.807, 2.05) is 0 Å². The minimum absolute atomic E-state index is 0.924. The highest BCUT2D eigenvalue weighted by molar-refractivity contribution is 7.73. The van der Waals surface area contributed by atoms with Crippen LogP contribution in [0.5, 0.6) is 0 Å². The van der Waals surface area contributed by atoms with Crippen LogP contribution in [0.2, 0.25) is 0 Å². The molecule has 2 atom stereocenters. The second-order valence-corrected chi connectivity index (χ2v) is 15.7. The molecule has 10 N–H and O–H groups in total. The van der Waals surface area contributed by atoms with Crippen LogP contribution in [0.4, 0.5) is 0 Å². The van der Waals surface area contributed by atoms with Crippen LogP contribution in [0.25, 0.3) is 0 Å². The highest BCUT2D eigenvalue weighted by atomic mass is 31.2. The first-order chi connectivity index (χ1) is 14.0. The molecular weight excluding hydrogens is 524 g/mol. The molecule has 0 saturated heterocycles. The number of hydrogen-bond acceptors (Lipinski definition) is 7. The molecule has 0 aliphatic rings. The zero-order valence-corrected chi connectivity index (χ0v) is 20.5. The first-order valence-electron chi connectivity index (χ1n) is 8.71. The van der Waals surface area contributed by atoms with Gasteiger partial charge in [0.05, 0.1) is 12.0 Å². The van der Waals surface area contributed by atoms with Crippen molar-refractivity contribution in [3.8, 4) is 0 Å². The van der Waals surface area contributed by atoms with E-state index in [2.05, 4.69) is 4.74 Å². The van der Waals surface area contributed by atoms with E-state index in [0.717, 1.165) is 13.8 Å². The smallest absolute Gasteiger partial charge is 0.343 e. The van der Waals surface area contributed by atoms with E-state index in [4.69, 9.17) is 5.11 Å². The summed E-state index contributed by atoms with van der Waals surface area (Å²) in [6, 6.07) is 0. The third-order valence-corrected chi connectivity index (χ3v) is 14.4. The van der Waals surface area contributed by atoms with Crippen molar-refractivity contribution >= 4 is 36.4 Å². The maximum Gasteiger partial charge on any atom is 0.343 e. The minimum Gasteiger partial charge on any atom is -0.481 e. The SMILES string of the molecule is CCC(CC(CC(CC(C)OCO)(P(=O)(O)O)P(=O)(O)O)C(=O)O)(P(=O)(O)O)P(=O)(O)O. The van der Waals surface area contributed by atoms with Gasteiger partial charge in [0.15, 0.2) is 9.79 Å². The van der Waals surface area contributed by atoms with Gasteiger partial charge in [-0.2, -0.15) is 0 Å². The van der Waals surface area contributed by atoms with E-state index in [1.165, 1.54) is 0 Å². The maximum atomic E-state index is 12.2. The summed E-state index contributed by atoms with van der Waals surface area (Å²) < 4.78 is 53.0. The van der Waals surface area contributed by atoms with E-state index in [1.54, 1.807) is 0 Å². The molecule has 0 aromatic rings. The molecule has 192 valence electrons. The van der Waals surface area contributed by atoms with Gasteiger partial charge in [0, 0.05) is 6.42 Å². The van der Waals surface area contributed by atoms with Crippen molar-refractivity contribution in [3.63, 3.8) is 0 Å². The first kappa shape index (κ1) is 32.0. The number of aliphatic carboxylic acids is 1. The number of ether oxygens (including phenoxy) is 1. The van der Waals surface area contributed by atoms with E-state index in [9.17, 15) is 67.3 Å². The zero-order chi connectivity index (χ0) is 26.0. The summed E-state index contributed by atoms with van der Waals surface area (Å²) in [6.45, 7) is 0.943. The standard InChI is InChI=1S/C12H28O16P4/c1-3-11(29(16,17)18,30(19,20)21)5-9(10(14)15)6-12(31(22,23)24,32(25,26)27)4-8(2)28-7-13/h8-9,13H,3-7H2,1-2H3,(H,14,15)(H2,16,17,18)(H2,19,20,21)(H2,22,23,24)(H2,25,26,27). The summed E-state index contributed by atoms with van der Waals surface area (Å²) >= 11 is 0. The second-order valence-electron chi connectivity index (χ2n) is 7.25. The molecule has 0 aromatic carbocycles. The molecule has 0 spiro atoms. The van der Waals surface area contributed by atoms with Gasteiger partial charge in [0.25, 0.3) is 0 Å². The lowest BCUT2D eigenvalue weighted by molar-refractivity contribution is -0.142. The van der Waals surface area contributed by atoms with Gasteiger partial charge in [-0.25, -0.2) is 0 Å². The molecule has 20 heteroatoms. The average Bonchev–Trinajstić information content (AvgIpc) is 2.52. The Morgan fingerprint density at radius 2 is 1.12 bits per heavy atom. The van der Waals surface area contributed by atoms with Crippen LogP contribution in [-0.4, -0.2) is 78.0 Å². The highest BCUT2D eigenvalue weighted by Gasteiger charge is 2.65. The van der Waals surface area contributed by atoms with Gasteiger partial charge in [-0.15, -0.1) is 0 Å². The zero-order valence-electron chi connectivity index (χ0n) is 16.9. The van der Waals surface area contributed by atoms with E-state index in [0.29, 0.717) is 0 Å². The summed E-state index contributed by atoms with van der Waals surface area (Å²) in [6.07, 6.45) is -6.83. The van der Waals surface area contributed by atoms with Crippen molar-refractivity contribution in [2.75, 3.05) is 6.79 Å². The fourth-order valence-corrected chi connectivity index (χ4v) is 9.74. The van der Waals surface area contributed by atoms with Gasteiger partial charge >= 0.3 is 36.4 Å². The molecule has 0 amide bonds. The van der Waals surface area contributed by atoms with Crippen LogP contribution < -0.4 is 0 Å². The Kier molecular flexibility index (Phi) is 10.7. The van der Waals surface area contributed by atoms with E-state index in [-0.39, 0.29) is 0 Å². The van der Waals surface area contributed by atoms with Gasteiger partial charge in [-0.1, -0.05) is 6.92 Å². The largest absolute Gasteiger partial charge is 0.481 e. The number of carboxylic acids is 1. The molecular formula is C12H28O16P4. The molecule has 0 aromatic heterocycles. The van der Waals surface area contributed by atoms with Crippen LogP contribution in [0.3, 0.4) is 0 Å². The van der Waals surface area contributed by atoms with Crippen molar-refractivity contribution in [2.45, 2.75) is 55.4 Å². The van der Waals surface area contributed by atoms with Gasteiger partial charge < -0.3 is 54.1 Å². The lowest BCUT2D eigenvalue weighted by Gasteiger charge is -2.40. The van der Waals surface area contributed by atoms with Crippen molar-refractivity contribution in [2.24, 2.45) is 5.92 Å². The molecule has 0 fully saturated rings. The van der Waals surface area contributed by atoms with Crippen molar-refractivity contribution in [1.29, 1.82) is 0 Å². The van der Waals surface area contributed by atoms with Crippen LogP contribution in [0.1, 0.15) is 39.5 Å². The number of aliphatic hydroxyl groups excluding tert-OH is 1. The van der Waals surface area contributed by atoms with Crippen LogP contribution in [0.15, 0.2) is 0 Å². The predicted molar refractivity (Wildman–Crippen MR) is 107 cm³/mol. The average molecular weight is 552 g/mol. The number of rotatable bonds is 14. The molecule has 0 heterocycles. The quantitative estimate of drug-likeness (QED) is 0.0979. The van der Waals surface area contributed by atoms with E-state index < -0.39 is 90.6 Å². The Morgan fingerprint density at radius 3 is 1.38 bits per heavy atom. The Bertz CT molecular complexity index is 803. The van der Waals surface area contributed by atoms with E-state index >= 15 is 0 Å². The van der Waals surface area contributed by atoms with Crippen LogP contribution >= 0.6 is 30.4 Å². The van der Waals surface area contributed by atoms with Crippen LogP contribution in [-0.2, 0) is 27.8 Å². The predicted octanol–water partition coefficient (Wildman–Crippen LogP) is -0.274. The van der Waals surface area contributed by atoms with Gasteiger partial charge in [-0.3, -0.25) is 23.1 Å². The summed E-state index contributed by atoms with van der Waals surface area (Å²) in [4.78, 5) is 82.6.